The van der Waals surface area contributed by atoms with E-state index in [2.05, 4.69) is 38.8 Å². The monoisotopic (exact) mass is 460 g/mol. The van der Waals surface area contributed by atoms with Crippen LogP contribution in [0.1, 0.15) is 58.5 Å². The summed E-state index contributed by atoms with van der Waals surface area (Å²) in [5.41, 5.74) is -0.790. The standard InChI is InChI=1S/C20H36N2O6SSi/c1-19(2,3)28-18(25)22(17-21-15(13-29-17)16(23)24)11-10-14(26-7)12-27-30(8,9)20(4,5)6/h13-14H,10-12H2,1-9H3,(H,23,24). The minimum atomic E-state index is -1.93. The molecule has 0 aliphatic carbocycles. The minimum Gasteiger partial charge on any atom is -0.476 e. The van der Waals surface area contributed by atoms with Crippen LogP contribution in [0.3, 0.4) is 0 Å². The molecule has 0 aliphatic rings. The van der Waals surface area contributed by atoms with Gasteiger partial charge in [0.05, 0.1) is 12.7 Å². The number of amides is 1. The van der Waals surface area contributed by atoms with Crippen LogP contribution in [-0.4, -0.2) is 62.4 Å². The molecule has 1 rings (SSSR count). The molecule has 1 heterocycles. The molecule has 0 aromatic carbocycles. The fourth-order valence-corrected chi connectivity index (χ4v) is 3.98. The second-order valence-electron chi connectivity index (χ2n) is 9.67. The van der Waals surface area contributed by atoms with Crippen LogP contribution < -0.4 is 4.90 Å². The van der Waals surface area contributed by atoms with E-state index in [4.69, 9.17) is 19.0 Å². The van der Waals surface area contributed by atoms with E-state index in [1.165, 1.54) is 10.3 Å². The fourth-order valence-electron chi connectivity index (χ4n) is 2.13. The normalized spacial score (nSPS) is 13.8. The zero-order valence-corrected chi connectivity index (χ0v) is 21.4. The van der Waals surface area contributed by atoms with Crippen LogP contribution in [-0.2, 0) is 13.9 Å². The molecule has 0 spiro atoms. The van der Waals surface area contributed by atoms with Crippen molar-refractivity contribution in [3.05, 3.63) is 11.1 Å². The number of carboxylic acid groups (broad SMARTS) is 1. The molecule has 1 N–H and O–H groups in total. The summed E-state index contributed by atoms with van der Waals surface area (Å²) in [5, 5.41) is 10.9. The summed E-state index contributed by atoms with van der Waals surface area (Å²) in [7, 11) is -0.313. The van der Waals surface area contributed by atoms with Crippen LogP contribution in [0.5, 0.6) is 0 Å². The molecule has 10 heteroatoms. The lowest BCUT2D eigenvalue weighted by Crippen LogP contribution is -2.43. The number of aromatic carboxylic acids is 1. The highest BCUT2D eigenvalue weighted by Crippen LogP contribution is 2.36. The second kappa shape index (κ2) is 10.2. The topological polar surface area (TPSA) is 98.2 Å². The first-order valence-corrected chi connectivity index (χ1v) is 13.7. The fraction of sp³-hybridized carbons (Fsp3) is 0.750. The lowest BCUT2D eigenvalue weighted by atomic mass is 10.2. The number of nitrogens with zero attached hydrogens (tertiary/aromatic N) is 2. The minimum absolute atomic E-state index is 0.0853. The molecule has 1 amide bonds. The molecule has 1 aromatic heterocycles. The van der Waals surface area contributed by atoms with Crippen LogP contribution >= 0.6 is 11.3 Å². The molecular formula is C20H36N2O6SSi. The van der Waals surface area contributed by atoms with Gasteiger partial charge in [-0.15, -0.1) is 11.3 Å². The van der Waals surface area contributed by atoms with Crippen LogP contribution in [0.2, 0.25) is 18.1 Å². The third-order valence-electron chi connectivity index (χ3n) is 5.00. The number of hydrogen-bond donors (Lipinski definition) is 1. The molecule has 0 aliphatic heterocycles. The number of anilines is 1. The lowest BCUT2D eigenvalue weighted by Gasteiger charge is -2.37. The predicted octanol–water partition coefficient (Wildman–Crippen LogP) is 5.01. The smallest absolute Gasteiger partial charge is 0.416 e. The molecule has 8 nitrogen and oxygen atoms in total. The zero-order chi connectivity index (χ0) is 23.3. The largest absolute Gasteiger partial charge is 0.476 e. The molecule has 0 radical (unpaired) electrons. The Labute approximate surface area is 184 Å². The number of carboxylic acids is 1. The number of ether oxygens (including phenoxy) is 2. The predicted molar refractivity (Wildman–Crippen MR) is 121 cm³/mol. The summed E-state index contributed by atoms with van der Waals surface area (Å²) >= 11 is 1.09. The van der Waals surface area contributed by atoms with Gasteiger partial charge in [0, 0.05) is 19.0 Å². The summed E-state index contributed by atoms with van der Waals surface area (Å²) in [6.07, 6.45) is -0.302. The Hall–Kier alpha value is -1.49. The van der Waals surface area contributed by atoms with Gasteiger partial charge in [0.1, 0.15) is 5.60 Å². The number of methoxy groups -OCH3 is 1. The van der Waals surface area contributed by atoms with Crippen molar-refractivity contribution in [2.75, 3.05) is 25.2 Å². The Kier molecular flexibility index (Phi) is 9.03. The van der Waals surface area contributed by atoms with Gasteiger partial charge in [-0.05, 0) is 45.3 Å². The van der Waals surface area contributed by atoms with Gasteiger partial charge < -0.3 is 19.0 Å². The van der Waals surface area contributed by atoms with Gasteiger partial charge >= 0.3 is 12.1 Å². The van der Waals surface area contributed by atoms with Gasteiger partial charge in [-0.2, -0.15) is 0 Å². The number of hydrogen-bond acceptors (Lipinski definition) is 7. The van der Waals surface area contributed by atoms with Gasteiger partial charge in [-0.25, -0.2) is 14.6 Å². The molecule has 1 atom stereocenters. The van der Waals surface area contributed by atoms with Crippen molar-refractivity contribution in [1.82, 2.24) is 4.98 Å². The maximum absolute atomic E-state index is 12.7. The molecule has 0 saturated carbocycles. The van der Waals surface area contributed by atoms with Gasteiger partial charge in [0.25, 0.3) is 0 Å². The molecule has 0 saturated heterocycles. The molecule has 30 heavy (non-hydrogen) atoms. The van der Waals surface area contributed by atoms with E-state index in [0.29, 0.717) is 13.0 Å². The number of carbonyl (C=O) groups is 2. The first-order valence-electron chi connectivity index (χ1n) is 9.93. The van der Waals surface area contributed by atoms with Crippen LogP contribution in [0, 0.1) is 0 Å². The lowest BCUT2D eigenvalue weighted by molar-refractivity contribution is 0.0442. The van der Waals surface area contributed by atoms with Gasteiger partial charge in [-0.1, -0.05) is 20.8 Å². The van der Waals surface area contributed by atoms with Gasteiger partial charge in [-0.3, -0.25) is 4.90 Å². The Balaban J connectivity index is 2.91. The van der Waals surface area contributed by atoms with E-state index in [-0.39, 0.29) is 28.5 Å². The van der Waals surface area contributed by atoms with Crippen molar-refractivity contribution < 1.29 is 28.6 Å². The number of aromatic nitrogens is 1. The molecule has 1 aromatic rings. The molecule has 0 fully saturated rings. The first kappa shape index (κ1) is 26.5. The number of rotatable bonds is 9. The van der Waals surface area contributed by atoms with E-state index in [1.54, 1.807) is 27.9 Å². The zero-order valence-electron chi connectivity index (χ0n) is 19.6. The second-order valence-corrected chi connectivity index (χ2v) is 15.3. The number of carbonyl (C=O) groups excluding carboxylic acids is 1. The van der Waals surface area contributed by atoms with Crippen molar-refractivity contribution in [2.24, 2.45) is 0 Å². The Morgan fingerprint density at radius 3 is 2.27 bits per heavy atom. The van der Waals surface area contributed by atoms with Crippen molar-refractivity contribution in [1.29, 1.82) is 0 Å². The van der Waals surface area contributed by atoms with Gasteiger partial charge in [0.15, 0.2) is 19.1 Å². The Morgan fingerprint density at radius 2 is 1.83 bits per heavy atom. The third kappa shape index (κ3) is 7.97. The highest BCUT2D eigenvalue weighted by atomic mass is 32.1. The highest BCUT2D eigenvalue weighted by molar-refractivity contribution is 7.14. The average molecular weight is 461 g/mol. The van der Waals surface area contributed by atoms with Crippen molar-refractivity contribution >= 4 is 36.8 Å². The van der Waals surface area contributed by atoms with Crippen molar-refractivity contribution in [3.8, 4) is 0 Å². The summed E-state index contributed by atoms with van der Waals surface area (Å²) in [4.78, 5) is 29.4. The Morgan fingerprint density at radius 1 is 1.23 bits per heavy atom. The van der Waals surface area contributed by atoms with E-state index < -0.39 is 26.0 Å². The van der Waals surface area contributed by atoms with Crippen molar-refractivity contribution in [2.45, 2.75) is 77.8 Å². The van der Waals surface area contributed by atoms with E-state index in [9.17, 15) is 9.59 Å². The molecular weight excluding hydrogens is 424 g/mol. The highest BCUT2D eigenvalue weighted by Gasteiger charge is 2.37. The van der Waals surface area contributed by atoms with Crippen LogP contribution in [0.4, 0.5) is 9.93 Å². The molecule has 0 bridgehead atoms. The SMILES string of the molecule is COC(CCN(C(=O)OC(C)(C)C)c1nc(C(=O)O)cs1)CO[Si](C)(C)C(C)(C)C. The maximum Gasteiger partial charge on any atom is 0.416 e. The van der Waals surface area contributed by atoms with Gasteiger partial charge in [0.2, 0.25) is 0 Å². The average Bonchev–Trinajstić information content (AvgIpc) is 3.05. The number of thiazole rings is 1. The van der Waals surface area contributed by atoms with Crippen LogP contribution in [0.25, 0.3) is 0 Å². The quantitative estimate of drug-likeness (QED) is 0.517. The first-order chi connectivity index (χ1) is 13.6. The summed E-state index contributed by atoms with van der Waals surface area (Å²) in [6, 6.07) is 0. The van der Waals surface area contributed by atoms with E-state index in [0.717, 1.165) is 11.3 Å². The van der Waals surface area contributed by atoms with E-state index >= 15 is 0 Å². The molecule has 1 unspecified atom stereocenters. The van der Waals surface area contributed by atoms with Crippen LogP contribution in [0.15, 0.2) is 5.38 Å². The van der Waals surface area contributed by atoms with E-state index in [1.807, 2.05) is 0 Å². The summed E-state index contributed by atoms with van der Waals surface area (Å²) < 4.78 is 17.3. The van der Waals surface area contributed by atoms with Crippen molar-refractivity contribution in [3.63, 3.8) is 0 Å². The maximum atomic E-state index is 12.7. The summed E-state index contributed by atoms with van der Waals surface area (Å²) in [6.45, 7) is 16.9. The third-order valence-corrected chi connectivity index (χ3v) is 10.4. The Bertz CT molecular complexity index is 724. The summed E-state index contributed by atoms with van der Waals surface area (Å²) in [5.74, 6) is -1.14. The molecule has 172 valence electrons.